The average molecular weight is 991 g/mol. The molecule has 0 spiro atoms. The maximum atomic E-state index is 14.4. The molecule has 17 nitrogen and oxygen atoms in total. The number of carbonyl (C=O) groups excluding carboxylic acids is 6. The minimum atomic E-state index is -4.78. The van der Waals surface area contributed by atoms with Crippen molar-refractivity contribution in [2.24, 2.45) is 23.5 Å². The summed E-state index contributed by atoms with van der Waals surface area (Å²) in [6.07, 6.45) is 5.48. The van der Waals surface area contributed by atoms with Gasteiger partial charge in [-0.25, -0.2) is 0 Å². The number of alkyl halides is 3. The fourth-order valence-corrected chi connectivity index (χ4v) is 10.4. The number of pyridine rings is 2. The lowest BCUT2D eigenvalue weighted by Crippen LogP contribution is -2.47. The van der Waals surface area contributed by atoms with Crippen molar-refractivity contribution < 1.29 is 56.1 Å². The molecular formula is C51H65F3N8O9. The molecule has 6 amide bonds. The first-order chi connectivity index (χ1) is 33.9. The van der Waals surface area contributed by atoms with Crippen LogP contribution in [-0.4, -0.2) is 113 Å². The molecule has 6 N–H and O–H groups in total. The summed E-state index contributed by atoms with van der Waals surface area (Å²) in [6, 6.07) is 12.6. The number of amides is 6. The lowest BCUT2D eigenvalue weighted by molar-refractivity contribution is -0.272. The molecule has 4 aliphatic rings. The van der Waals surface area contributed by atoms with Crippen LogP contribution >= 0.6 is 0 Å². The number of benzene rings is 1. The number of primary amides is 1. The minimum absolute atomic E-state index is 0.0228. The first kappa shape index (κ1) is 52.8. The van der Waals surface area contributed by atoms with Crippen LogP contribution in [0.5, 0.6) is 0 Å². The van der Waals surface area contributed by atoms with E-state index in [4.69, 9.17) is 19.9 Å². The minimum Gasteiger partial charge on any atom is -0.378 e. The van der Waals surface area contributed by atoms with E-state index < -0.39 is 47.4 Å². The van der Waals surface area contributed by atoms with Crippen molar-refractivity contribution in [1.29, 1.82) is 0 Å². The van der Waals surface area contributed by atoms with E-state index in [0.29, 0.717) is 63.8 Å². The summed E-state index contributed by atoms with van der Waals surface area (Å²) in [5.74, 6) is -4.93. The number of aromatic nitrogens is 2. The van der Waals surface area contributed by atoms with Gasteiger partial charge in [-0.1, -0.05) is 37.3 Å². The Morgan fingerprint density at radius 1 is 0.873 bits per heavy atom. The highest BCUT2D eigenvalue weighted by Crippen LogP contribution is 2.53. The van der Waals surface area contributed by atoms with Gasteiger partial charge in [0, 0.05) is 87.7 Å². The second-order valence-corrected chi connectivity index (χ2v) is 19.4. The molecule has 7 rings (SSSR count). The molecule has 2 saturated heterocycles. The number of hydrogen-bond acceptors (Lipinski definition) is 11. The Bertz CT molecular complexity index is 2340. The van der Waals surface area contributed by atoms with Gasteiger partial charge in [0.25, 0.3) is 11.8 Å². The number of nitrogens with zero attached hydrogens (tertiary/aromatic N) is 3. The molecule has 1 aromatic carbocycles. The molecule has 3 aromatic rings. The maximum absolute atomic E-state index is 14.4. The van der Waals surface area contributed by atoms with Crippen molar-refractivity contribution in [1.82, 2.24) is 30.8 Å². The van der Waals surface area contributed by atoms with Crippen molar-refractivity contribution >= 4 is 41.1 Å². The quantitative estimate of drug-likeness (QED) is 0.0954. The van der Waals surface area contributed by atoms with Crippen LogP contribution in [0.3, 0.4) is 0 Å². The fraction of sp³-hybridized carbons (Fsp3) is 0.569. The first-order valence-corrected chi connectivity index (χ1v) is 24.6. The third-order valence-corrected chi connectivity index (χ3v) is 14.7. The van der Waals surface area contributed by atoms with Gasteiger partial charge in [-0.15, -0.1) is 0 Å². The van der Waals surface area contributed by atoms with Crippen LogP contribution in [-0.2, 0) is 44.7 Å². The highest BCUT2D eigenvalue weighted by Gasteiger charge is 2.65. The number of nitrogens with two attached hydrogens (primary N) is 1. The van der Waals surface area contributed by atoms with Gasteiger partial charge in [-0.05, 0) is 99.6 Å². The Balaban J connectivity index is 0.756. The number of halogens is 3. The van der Waals surface area contributed by atoms with Crippen LogP contribution in [0, 0.1) is 17.8 Å². The van der Waals surface area contributed by atoms with Gasteiger partial charge < -0.3 is 46.1 Å². The Kier molecular flexibility index (Phi) is 17.5. The zero-order chi connectivity index (χ0) is 50.9. The molecule has 0 bridgehead atoms. The summed E-state index contributed by atoms with van der Waals surface area (Å²) < 4.78 is 60.9. The standard InChI is InChI=1S/C51H65F3N8O9/c1-30-43(45(71-50(30,2)51(52,53)54)49(68)61-36-20-22-57-40(26-36)46(55)65)32-10-8-31(9-11-32)28-59-47(66)33-12-14-35(15-13-33)60-41(63)7-5-24-69-37-16-18-38(19-17-37)70-25-23-58-48(67)39-27-42(64)62(3)44(39)34-6-4-21-56-29-34/h4,6,8-11,20-22,26,29-30,33,35,37-39,43-45H,5,7,12-19,23-25,27-28H2,1-3H3,(H2,55,65)(H,58,67)(H,59,66)(H,60,63)(H,57,61,68)/t30-,33?,35?,37?,38?,39-,43-,44+,45+,50+/m0/s1. The van der Waals surface area contributed by atoms with Gasteiger partial charge in [0.05, 0.1) is 30.8 Å². The van der Waals surface area contributed by atoms with Crippen molar-refractivity contribution in [3.63, 3.8) is 0 Å². The smallest absolute Gasteiger partial charge is 0.378 e. The van der Waals surface area contributed by atoms with E-state index in [-0.39, 0.29) is 78.2 Å². The molecule has 4 fully saturated rings. The van der Waals surface area contributed by atoms with Crippen LogP contribution in [0.15, 0.2) is 67.1 Å². The van der Waals surface area contributed by atoms with E-state index in [1.807, 2.05) is 6.07 Å². The van der Waals surface area contributed by atoms with Crippen molar-refractivity contribution in [2.45, 2.75) is 139 Å². The lowest BCUT2D eigenvalue weighted by atomic mass is 9.77. The molecule has 2 aromatic heterocycles. The lowest BCUT2D eigenvalue weighted by Gasteiger charge is -2.31. The number of ether oxygens (including phenoxy) is 3. The molecule has 2 aliphatic carbocycles. The summed E-state index contributed by atoms with van der Waals surface area (Å²) in [6.45, 7) is 3.73. The highest BCUT2D eigenvalue weighted by atomic mass is 19.4. The third-order valence-electron chi connectivity index (χ3n) is 14.7. The van der Waals surface area contributed by atoms with Crippen molar-refractivity contribution in [3.8, 4) is 0 Å². The summed E-state index contributed by atoms with van der Waals surface area (Å²) in [4.78, 5) is 86.1. The molecule has 0 unspecified atom stereocenters. The normalized spacial score (nSPS) is 27.7. The van der Waals surface area contributed by atoms with Gasteiger partial charge in [-0.3, -0.25) is 38.7 Å². The maximum Gasteiger partial charge on any atom is 0.417 e. The van der Waals surface area contributed by atoms with Crippen molar-refractivity contribution in [2.75, 3.05) is 32.1 Å². The van der Waals surface area contributed by atoms with E-state index in [1.54, 1.807) is 54.7 Å². The predicted octanol–water partition coefficient (Wildman–Crippen LogP) is 5.41. The predicted molar refractivity (Wildman–Crippen MR) is 253 cm³/mol. The van der Waals surface area contributed by atoms with Gasteiger partial charge in [-0.2, -0.15) is 13.2 Å². The molecule has 384 valence electrons. The van der Waals surface area contributed by atoms with E-state index in [1.165, 1.54) is 25.3 Å². The second kappa shape index (κ2) is 23.5. The van der Waals surface area contributed by atoms with Gasteiger partial charge in [0.15, 0.2) is 5.60 Å². The summed E-state index contributed by atoms with van der Waals surface area (Å²) >= 11 is 0. The molecule has 20 heteroatoms. The number of likely N-dealkylation sites (tertiary alicyclic amines) is 1. The number of rotatable bonds is 19. The molecule has 4 heterocycles. The largest absolute Gasteiger partial charge is 0.417 e. The fourth-order valence-electron chi connectivity index (χ4n) is 10.4. The topological polar surface area (TPSA) is 233 Å². The van der Waals surface area contributed by atoms with E-state index in [2.05, 4.69) is 31.2 Å². The monoisotopic (exact) mass is 990 g/mol. The van der Waals surface area contributed by atoms with Gasteiger partial charge in [0.1, 0.15) is 11.8 Å². The molecule has 2 saturated carbocycles. The zero-order valence-corrected chi connectivity index (χ0v) is 40.4. The second-order valence-electron chi connectivity index (χ2n) is 19.4. The molecule has 0 radical (unpaired) electrons. The number of hydrogen-bond donors (Lipinski definition) is 5. The summed E-state index contributed by atoms with van der Waals surface area (Å²) in [5, 5.41) is 11.6. The number of carbonyl (C=O) groups is 6. The van der Waals surface area contributed by atoms with Gasteiger partial charge in [0.2, 0.25) is 23.6 Å². The zero-order valence-electron chi connectivity index (χ0n) is 40.4. The summed E-state index contributed by atoms with van der Waals surface area (Å²) in [5.41, 5.74) is 4.67. The van der Waals surface area contributed by atoms with Crippen LogP contribution in [0.1, 0.15) is 124 Å². The van der Waals surface area contributed by atoms with Gasteiger partial charge >= 0.3 is 6.18 Å². The molecule has 2 aliphatic heterocycles. The third kappa shape index (κ3) is 13.1. The Labute approximate surface area is 411 Å². The van der Waals surface area contributed by atoms with Crippen LogP contribution in [0.25, 0.3) is 0 Å². The molecule has 6 atom stereocenters. The van der Waals surface area contributed by atoms with Crippen LogP contribution in [0.2, 0.25) is 0 Å². The summed E-state index contributed by atoms with van der Waals surface area (Å²) in [7, 11) is 1.71. The molecule has 71 heavy (non-hydrogen) atoms. The molecular weight excluding hydrogens is 926 g/mol. The SMILES string of the molecule is C[C@H]1[C@@H](c2ccc(CNC(=O)C3CCC(NC(=O)CCCOC4CCC(OCCNC(=O)[C@H]5CC(=O)N(C)[C@@H]5c5cccnc5)CC4)CC3)cc2)[C@H](C(=O)Nc2ccnc(C(N)=O)c2)O[C@@]1(C)C(F)(F)F. The Morgan fingerprint density at radius 2 is 1.56 bits per heavy atom. The van der Waals surface area contributed by atoms with E-state index >= 15 is 0 Å². The number of nitrogens with one attached hydrogen (secondary N) is 4. The van der Waals surface area contributed by atoms with E-state index in [9.17, 15) is 41.9 Å². The Morgan fingerprint density at radius 3 is 2.21 bits per heavy atom. The van der Waals surface area contributed by atoms with Crippen LogP contribution < -0.4 is 27.0 Å². The Hall–Kier alpha value is -5.99. The first-order valence-electron chi connectivity index (χ1n) is 24.6. The average Bonchev–Trinajstić information content (AvgIpc) is 3.82. The van der Waals surface area contributed by atoms with Crippen LogP contribution in [0.4, 0.5) is 18.9 Å². The van der Waals surface area contributed by atoms with E-state index in [0.717, 1.165) is 43.7 Å². The highest BCUT2D eigenvalue weighted by molar-refractivity contribution is 5.97. The van der Waals surface area contributed by atoms with Crippen molar-refractivity contribution in [3.05, 3.63) is 89.5 Å². The number of anilines is 1.